The van der Waals surface area contributed by atoms with Gasteiger partial charge in [0.05, 0.1) is 5.56 Å². The maximum atomic E-state index is 14.6. The molecule has 0 saturated carbocycles. The number of fused-ring (bicyclic) bond motifs is 1. The highest BCUT2D eigenvalue weighted by atomic mass is 35.5. The molecule has 0 unspecified atom stereocenters. The molecule has 0 spiro atoms. The maximum absolute atomic E-state index is 14.6. The quantitative estimate of drug-likeness (QED) is 0.582. The molecule has 0 aliphatic carbocycles. The second-order valence-electron chi connectivity index (χ2n) is 7.66. The van der Waals surface area contributed by atoms with E-state index in [1.54, 1.807) is 30.3 Å². The Kier molecular flexibility index (Phi) is 6.80. The summed E-state index contributed by atoms with van der Waals surface area (Å²) in [6.07, 6.45) is 4.05. The molecule has 1 aliphatic rings. The van der Waals surface area contributed by atoms with Crippen molar-refractivity contribution in [2.75, 3.05) is 11.9 Å². The van der Waals surface area contributed by atoms with Gasteiger partial charge >= 0.3 is 0 Å². The molecule has 0 bridgehead atoms. The molecular formula is C23H23ClFN5O2. The largest absolute Gasteiger partial charge is 0.352 e. The smallest absolute Gasteiger partial charge is 0.251 e. The number of rotatable bonds is 6. The summed E-state index contributed by atoms with van der Waals surface area (Å²) in [5.41, 5.74) is 1.23. The number of aromatic nitrogens is 3. The normalized spacial score (nSPS) is 13.2. The third kappa shape index (κ3) is 5.13. The van der Waals surface area contributed by atoms with Crippen LogP contribution in [0, 0.1) is 5.82 Å². The maximum Gasteiger partial charge on any atom is 0.251 e. The van der Waals surface area contributed by atoms with Crippen LogP contribution in [0.1, 0.15) is 41.9 Å². The summed E-state index contributed by atoms with van der Waals surface area (Å²) in [6, 6.07) is 10.9. The zero-order valence-corrected chi connectivity index (χ0v) is 18.2. The molecule has 3 aromatic rings. The zero-order valence-electron chi connectivity index (χ0n) is 17.4. The lowest BCUT2D eigenvalue weighted by molar-refractivity contribution is -0.116. The van der Waals surface area contributed by atoms with Gasteiger partial charge in [0, 0.05) is 42.2 Å². The average molecular weight is 456 g/mol. The molecule has 2 amide bonds. The SMILES string of the molecule is O=C(CCNC(=O)c1ccc(Cl)cc1)Nc1ccc(F)c(-c2nnc3n2CCCCC3)c1. The third-order valence-electron chi connectivity index (χ3n) is 5.34. The number of benzene rings is 2. The molecule has 1 aliphatic heterocycles. The van der Waals surface area contributed by atoms with Crippen LogP contribution in [-0.2, 0) is 17.8 Å². The van der Waals surface area contributed by atoms with Crippen molar-refractivity contribution in [3.63, 3.8) is 0 Å². The van der Waals surface area contributed by atoms with Gasteiger partial charge in [-0.05, 0) is 55.3 Å². The van der Waals surface area contributed by atoms with E-state index in [0.717, 1.165) is 38.1 Å². The molecule has 2 aromatic carbocycles. The minimum absolute atomic E-state index is 0.0758. The minimum atomic E-state index is -0.419. The van der Waals surface area contributed by atoms with Crippen molar-refractivity contribution in [2.45, 2.75) is 38.6 Å². The van der Waals surface area contributed by atoms with E-state index in [0.29, 0.717) is 27.7 Å². The number of halogens is 2. The number of hydrogen-bond donors (Lipinski definition) is 2. The van der Waals surface area contributed by atoms with Crippen LogP contribution in [0.15, 0.2) is 42.5 Å². The van der Waals surface area contributed by atoms with Crippen molar-refractivity contribution in [3.8, 4) is 11.4 Å². The molecule has 0 atom stereocenters. The van der Waals surface area contributed by atoms with E-state index in [9.17, 15) is 14.0 Å². The summed E-state index contributed by atoms with van der Waals surface area (Å²) in [6.45, 7) is 0.917. The zero-order chi connectivity index (χ0) is 22.5. The molecule has 0 radical (unpaired) electrons. The Balaban J connectivity index is 1.38. The van der Waals surface area contributed by atoms with E-state index in [2.05, 4.69) is 20.8 Å². The highest BCUT2D eigenvalue weighted by molar-refractivity contribution is 6.30. The number of nitrogens with one attached hydrogen (secondary N) is 2. The van der Waals surface area contributed by atoms with E-state index < -0.39 is 5.82 Å². The predicted octanol–water partition coefficient (Wildman–Crippen LogP) is 4.22. The first-order valence-electron chi connectivity index (χ1n) is 10.6. The van der Waals surface area contributed by atoms with Crippen molar-refractivity contribution in [3.05, 3.63) is 64.7 Å². The average Bonchev–Trinajstić information content (AvgIpc) is 3.03. The van der Waals surface area contributed by atoms with E-state index in [1.807, 2.05) is 4.57 Å². The lowest BCUT2D eigenvalue weighted by atomic mass is 10.1. The molecule has 2 N–H and O–H groups in total. The fraction of sp³-hybridized carbons (Fsp3) is 0.304. The van der Waals surface area contributed by atoms with Gasteiger partial charge in [0.2, 0.25) is 5.91 Å². The Morgan fingerprint density at radius 2 is 1.88 bits per heavy atom. The van der Waals surface area contributed by atoms with E-state index in [4.69, 9.17) is 11.6 Å². The molecule has 7 nitrogen and oxygen atoms in total. The molecular weight excluding hydrogens is 433 g/mol. The van der Waals surface area contributed by atoms with Crippen LogP contribution in [-0.4, -0.2) is 33.1 Å². The van der Waals surface area contributed by atoms with E-state index in [1.165, 1.54) is 12.1 Å². The molecule has 4 rings (SSSR count). The van der Waals surface area contributed by atoms with Crippen LogP contribution in [0.3, 0.4) is 0 Å². The lowest BCUT2D eigenvalue weighted by Crippen LogP contribution is -2.27. The Morgan fingerprint density at radius 3 is 2.69 bits per heavy atom. The summed E-state index contributed by atoms with van der Waals surface area (Å²) in [4.78, 5) is 24.4. The molecule has 166 valence electrons. The van der Waals surface area contributed by atoms with Gasteiger partial charge in [0.1, 0.15) is 11.6 Å². The lowest BCUT2D eigenvalue weighted by Gasteiger charge is -2.11. The van der Waals surface area contributed by atoms with Crippen molar-refractivity contribution < 1.29 is 14.0 Å². The topological polar surface area (TPSA) is 88.9 Å². The molecule has 32 heavy (non-hydrogen) atoms. The highest BCUT2D eigenvalue weighted by Gasteiger charge is 2.19. The van der Waals surface area contributed by atoms with Gasteiger partial charge in [-0.3, -0.25) is 9.59 Å². The molecule has 2 heterocycles. The minimum Gasteiger partial charge on any atom is -0.352 e. The van der Waals surface area contributed by atoms with Crippen LogP contribution in [0.2, 0.25) is 5.02 Å². The number of aryl methyl sites for hydroxylation is 1. The van der Waals surface area contributed by atoms with Gasteiger partial charge in [0.15, 0.2) is 5.82 Å². The Hall–Kier alpha value is -3.26. The Bertz CT molecular complexity index is 1130. The van der Waals surface area contributed by atoms with Gasteiger partial charge in [0.25, 0.3) is 5.91 Å². The first-order chi connectivity index (χ1) is 15.5. The van der Waals surface area contributed by atoms with Crippen LogP contribution in [0.5, 0.6) is 0 Å². The fourth-order valence-corrected chi connectivity index (χ4v) is 3.80. The molecule has 1 aromatic heterocycles. The van der Waals surface area contributed by atoms with E-state index >= 15 is 0 Å². The predicted molar refractivity (Wildman–Crippen MR) is 120 cm³/mol. The molecule has 9 heteroatoms. The van der Waals surface area contributed by atoms with Crippen molar-refractivity contribution in [1.29, 1.82) is 0 Å². The van der Waals surface area contributed by atoms with Crippen LogP contribution in [0.4, 0.5) is 10.1 Å². The third-order valence-corrected chi connectivity index (χ3v) is 5.60. The Labute approximate surface area is 190 Å². The van der Waals surface area contributed by atoms with E-state index in [-0.39, 0.29) is 24.8 Å². The summed E-state index contributed by atoms with van der Waals surface area (Å²) < 4.78 is 16.5. The van der Waals surface area contributed by atoms with Crippen LogP contribution >= 0.6 is 11.6 Å². The second kappa shape index (κ2) is 9.91. The Morgan fingerprint density at radius 1 is 1.06 bits per heavy atom. The monoisotopic (exact) mass is 455 g/mol. The molecule has 0 fully saturated rings. The van der Waals surface area contributed by atoms with Gasteiger partial charge < -0.3 is 15.2 Å². The number of anilines is 1. The first-order valence-corrected chi connectivity index (χ1v) is 10.9. The van der Waals surface area contributed by atoms with Crippen molar-refractivity contribution in [1.82, 2.24) is 20.1 Å². The fourth-order valence-electron chi connectivity index (χ4n) is 3.68. The van der Waals surface area contributed by atoms with Crippen LogP contribution < -0.4 is 10.6 Å². The summed E-state index contributed by atoms with van der Waals surface area (Å²) in [5, 5.41) is 14.4. The number of carbonyl (C=O) groups excluding carboxylic acids is 2. The number of hydrogen-bond acceptors (Lipinski definition) is 4. The summed E-state index contributed by atoms with van der Waals surface area (Å²) >= 11 is 5.82. The number of carbonyl (C=O) groups is 2. The van der Waals surface area contributed by atoms with Crippen molar-refractivity contribution >= 4 is 29.1 Å². The number of amides is 2. The van der Waals surface area contributed by atoms with Crippen LogP contribution in [0.25, 0.3) is 11.4 Å². The van der Waals surface area contributed by atoms with Crippen molar-refractivity contribution in [2.24, 2.45) is 0 Å². The van der Waals surface area contributed by atoms with Gasteiger partial charge in [-0.2, -0.15) is 0 Å². The number of nitrogens with zero attached hydrogens (tertiary/aromatic N) is 3. The van der Waals surface area contributed by atoms with Gasteiger partial charge in [-0.1, -0.05) is 18.0 Å². The second-order valence-corrected chi connectivity index (χ2v) is 8.09. The van der Waals surface area contributed by atoms with Gasteiger partial charge in [-0.15, -0.1) is 10.2 Å². The standard InChI is InChI=1S/C23H23ClFN5O2/c24-16-7-5-15(6-8-16)23(32)26-12-11-21(31)27-17-9-10-19(25)18(14-17)22-29-28-20-4-2-1-3-13-30(20)22/h5-10,14H,1-4,11-13H2,(H,26,32)(H,27,31). The van der Waals surface area contributed by atoms with Gasteiger partial charge in [-0.25, -0.2) is 4.39 Å². The summed E-state index contributed by atoms with van der Waals surface area (Å²) in [7, 11) is 0. The highest BCUT2D eigenvalue weighted by Crippen LogP contribution is 2.27. The summed E-state index contributed by atoms with van der Waals surface area (Å²) in [5.74, 6) is 0.344. The molecule has 0 saturated heterocycles. The first kappa shape index (κ1) is 22.0.